The van der Waals surface area contributed by atoms with Crippen LogP contribution in [0.3, 0.4) is 0 Å². The summed E-state index contributed by atoms with van der Waals surface area (Å²) in [5, 5.41) is 4.04. The molecule has 4 rings (SSSR count). The van der Waals surface area contributed by atoms with Crippen molar-refractivity contribution in [2.75, 3.05) is 19.0 Å². The molecule has 0 saturated carbocycles. The zero-order valence-electron chi connectivity index (χ0n) is 14.7. The minimum atomic E-state index is -0.424. The van der Waals surface area contributed by atoms with E-state index in [4.69, 9.17) is 9.47 Å². The molecule has 0 aliphatic heterocycles. The Labute approximate surface area is 159 Å². The number of thiophene rings is 1. The maximum atomic E-state index is 12.4. The van der Waals surface area contributed by atoms with Crippen LogP contribution in [0, 0.1) is 0 Å². The van der Waals surface area contributed by atoms with E-state index in [0.717, 1.165) is 40.6 Å². The molecule has 1 aliphatic carbocycles. The van der Waals surface area contributed by atoms with Crippen molar-refractivity contribution < 1.29 is 19.1 Å². The van der Waals surface area contributed by atoms with E-state index in [1.165, 1.54) is 24.8 Å². The van der Waals surface area contributed by atoms with Crippen molar-refractivity contribution in [3.8, 4) is 5.88 Å². The van der Waals surface area contributed by atoms with Crippen LogP contribution >= 0.6 is 11.3 Å². The topological polar surface area (TPSA) is 90.4 Å². The zero-order valence-corrected chi connectivity index (χ0v) is 15.5. The molecule has 1 aromatic carbocycles. The second-order valence-corrected chi connectivity index (χ2v) is 7.19. The van der Waals surface area contributed by atoms with Gasteiger partial charge in [0.15, 0.2) is 6.61 Å². The molecule has 0 fully saturated rings. The fraction of sp³-hybridized carbons (Fsp3) is 0.263. The van der Waals surface area contributed by atoms with Gasteiger partial charge < -0.3 is 14.8 Å². The van der Waals surface area contributed by atoms with Crippen LogP contribution < -0.4 is 10.1 Å². The number of aromatic nitrogens is 2. The molecule has 0 atom stereocenters. The highest BCUT2D eigenvalue weighted by Crippen LogP contribution is 2.39. The summed E-state index contributed by atoms with van der Waals surface area (Å²) < 4.78 is 10.5. The van der Waals surface area contributed by atoms with Crippen LogP contribution in [0.5, 0.6) is 5.88 Å². The fourth-order valence-electron chi connectivity index (χ4n) is 3.20. The Morgan fingerprint density at radius 3 is 2.93 bits per heavy atom. The number of amides is 1. The van der Waals surface area contributed by atoms with E-state index in [2.05, 4.69) is 15.3 Å². The minimum Gasteiger partial charge on any atom is -0.467 e. The number of hydrogen-bond donors (Lipinski definition) is 1. The van der Waals surface area contributed by atoms with E-state index in [1.807, 2.05) is 24.3 Å². The average Bonchev–Trinajstić information content (AvgIpc) is 3.26. The molecule has 0 spiro atoms. The Morgan fingerprint density at radius 1 is 1.22 bits per heavy atom. The second-order valence-electron chi connectivity index (χ2n) is 6.09. The van der Waals surface area contributed by atoms with Gasteiger partial charge in [-0.05, 0) is 37.0 Å². The maximum Gasteiger partial charge on any atom is 0.341 e. The highest BCUT2D eigenvalue weighted by molar-refractivity contribution is 7.17. The number of nitrogens with zero attached hydrogens (tertiary/aromatic N) is 2. The molecule has 8 heteroatoms. The molecule has 138 valence electrons. The summed E-state index contributed by atoms with van der Waals surface area (Å²) in [6.07, 6.45) is 4.16. The number of carbonyl (C=O) groups is 2. The maximum absolute atomic E-state index is 12.4. The summed E-state index contributed by atoms with van der Waals surface area (Å²) in [5.74, 6) is -0.437. The predicted octanol–water partition coefficient (Wildman–Crippen LogP) is 2.98. The van der Waals surface area contributed by atoms with Crippen LogP contribution in [0.25, 0.3) is 10.9 Å². The molecule has 7 nitrogen and oxygen atoms in total. The number of fused-ring (bicyclic) bond motifs is 2. The number of aryl methyl sites for hydroxylation is 1. The summed E-state index contributed by atoms with van der Waals surface area (Å²) in [5.41, 5.74) is 2.20. The molecule has 1 aliphatic rings. The lowest BCUT2D eigenvalue weighted by Gasteiger charge is -2.09. The summed E-state index contributed by atoms with van der Waals surface area (Å²) >= 11 is 1.43. The number of rotatable bonds is 5. The average molecular weight is 383 g/mol. The molecule has 0 saturated heterocycles. The molecule has 2 heterocycles. The highest BCUT2D eigenvalue weighted by atomic mass is 32.1. The molecular formula is C19H17N3O4S. The molecule has 0 bridgehead atoms. The first-order valence-electron chi connectivity index (χ1n) is 8.52. The first kappa shape index (κ1) is 17.4. The summed E-state index contributed by atoms with van der Waals surface area (Å²) in [7, 11) is 1.34. The van der Waals surface area contributed by atoms with E-state index >= 15 is 0 Å². The van der Waals surface area contributed by atoms with Gasteiger partial charge in [0.1, 0.15) is 11.3 Å². The Balaban J connectivity index is 1.50. The molecule has 1 amide bonds. The van der Waals surface area contributed by atoms with Gasteiger partial charge in [-0.15, -0.1) is 11.3 Å². The number of anilines is 1. The Hall–Kier alpha value is -3.00. The normalized spacial score (nSPS) is 12.6. The number of methoxy groups -OCH3 is 1. The quantitative estimate of drug-likeness (QED) is 0.681. The van der Waals surface area contributed by atoms with Crippen LogP contribution in [-0.2, 0) is 22.4 Å². The Bertz CT molecular complexity index is 1030. The van der Waals surface area contributed by atoms with Gasteiger partial charge in [-0.3, -0.25) is 4.79 Å². The van der Waals surface area contributed by atoms with Crippen molar-refractivity contribution in [3.63, 3.8) is 0 Å². The third-order valence-corrected chi connectivity index (χ3v) is 5.62. The van der Waals surface area contributed by atoms with Crippen molar-refractivity contribution in [1.29, 1.82) is 0 Å². The molecule has 3 aromatic rings. The lowest BCUT2D eigenvalue weighted by molar-refractivity contribution is -0.118. The molecule has 27 heavy (non-hydrogen) atoms. The van der Waals surface area contributed by atoms with Crippen LogP contribution in [0.1, 0.15) is 27.2 Å². The van der Waals surface area contributed by atoms with E-state index in [0.29, 0.717) is 16.4 Å². The van der Waals surface area contributed by atoms with Crippen LogP contribution in [-0.4, -0.2) is 35.6 Å². The molecule has 1 N–H and O–H groups in total. The van der Waals surface area contributed by atoms with Crippen molar-refractivity contribution in [3.05, 3.63) is 46.6 Å². The highest BCUT2D eigenvalue weighted by Gasteiger charge is 2.28. The summed E-state index contributed by atoms with van der Waals surface area (Å²) in [6.45, 7) is -0.218. The van der Waals surface area contributed by atoms with Crippen molar-refractivity contribution >= 4 is 39.1 Å². The second kappa shape index (κ2) is 7.32. The third kappa shape index (κ3) is 3.35. The van der Waals surface area contributed by atoms with Crippen molar-refractivity contribution in [2.45, 2.75) is 19.3 Å². The first-order chi connectivity index (χ1) is 13.2. The molecule has 2 aromatic heterocycles. The van der Waals surface area contributed by atoms with E-state index < -0.39 is 5.97 Å². The van der Waals surface area contributed by atoms with Crippen LogP contribution in [0.4, 0.5) is 5.00 Å². The summed E-state index contributed by atoms with van der Waals surface area (Å²) in [6, 6.07) is 7.41. The van der Waals surface area contributed by atoms with E-state index in [1.54, 1.807) is 0 Å². The smallest absolute Gasteiger partial charge is 0.341 e. The SMILES string of the molecule is COC(=O)c1c(NC(=O)COc2ncnc3ccccc23)sc2c1CCC2. The van der Waals surface area contributed by atoms with Crippen molar-refractivity contribution in [1.82, 2.24) is 9.97 Å². The van der Waals surface area contributed by atoms with Gasteiger partial charge in [-0.1, -0.05) is 12.1 Å². The number of benzene rings is 1. The van der Waals surface area contributed by atoms with Crippen LogP contribution in [0.15, 0.2) is 30.6 Å². The Kier molecular flexibility index (Phi) is 4.72. The van der Waals surface area contributed by atoms with Gasteiger partial charge in [0.25, 0.3) is 5.91 Å². The third-order valence-electron chi connectivity index (χ3n) is 4.41. The number of nitrogens with one attached hydrogen (secondary N) is 1. The van der Waals surface area contributed by atoms with Crippen LogP contribution in [0.2, 0.25) is 0 Å². The largest absolute Gasteiger partial charge is 0.467 e. The number of hydrogen-bond acceptors (Lipinski definition) is 7. The zero-order chi connectivity index (χ0) is 18.8. The van der Waals surface area contributed by atoms with E-state index in [-0.39, 0.29) is 12.5 Å². The van der Waals surface area contributed by atoms with Gasteiger partial charge >= 0.3 is 5.97 Å². The van der Waals surface area contributed by atoms with Gasteiger partial charge in [0.2, 0.25) is 5.88 Å². The fourth-order valence-corrected chi connectivity index (χ4v) is 4.50. The standard InChI is InChI=1S/C19H17N3O4S/c1-25-19(24)16-12-6-4-8-14(12)27-18(16)22-15(23)9-26-17-11-5-2-3-7-13(11)20-10-21-17/h2-3,5,7,10H,4,6,8-9H2,1H3,(H,22,23). The monoisotopic (exact) mass is 383 g/mol. The van der Waals surface area contributed by atoms with E-state index in [9.17, 15) is 9.59 Å². The predicted molar refractivity (Wildman–Crippen MR) is 101 cm³/mol. The van der Waals surface area contributed by atoms with Gasteiger partial charge in [0.05, 0.1) is 23.6 Å². The summed E-state index contributed by atoms with van der Waals surface area (Å²) in [4.78, 5) is 33.9. The Morgan fingerprint density at radius 2 is 2.07 bits per heavy atom. The molecule has 0 radical (unpaired) electrons. The van der Waals surface area contributed by atoms with Gasteiger partial charge in [-0.25, -0.2) is 14.8 Å². The lowest BCUT2D eigenvalue weighted by atomic mass is 10.1. The minimum absolute atomic E-state index is 0.218. The number of ether oxygens (including phenoxy) is 2. The van der Waals surface area contributed by atoms with Crippen molar-refractivity contribution in [2.24, 2.45) is 0 Å². The van der Waals surface area contributed by atoms with Gasteiger partial charge in [0, 0.05) is 4.88 Å². The number of carbonyl (C=O) groups excluding carboxylic acids is 2. The lowest BCUT2D eigenvalue weighted by Crippen LogP contribution is -2.21. The van der Waals surface area contributed by atoms with Gasteiger partial charge in [-0.2, -0.15) is 0 Å². The molecular weight excluding hydrogens is 366 g/mol. The molecule has 0 unspecified atom stereocenters. The number of para-hydroxylation sites is 1. The number of esters is 1. The first-order valence-corrected chi connectivity index (χ1v) is 9.34.